The monoisotopic (exact) mass is 987 g/mol. The largest absolute Gasteiger partial charge is 0.392 e. The van der Waals surface area contributed by atoms with E-state index >= 15 is 0 Å². The quantitative estimate of drug-likeness (QED) is 0.0263. The molecule has 0 aliphatic carbocycles. The highest BCUT2D eigenvalue weighted by Gasteiger charge is 2.22. The summed E-state index contributed by atoms with van der Waals surface area (Å²) in [6, 6.07) is 0. The van der Waals surface area contributed by atoms with Gasteiger partial charge in [0.15, 0.2) is 5.12 Å². The minimum absolute atomic E-state index is 0.340. The van der Waals surface area contributed by atoms with Crippen LogP contribution >= 0.6 is 23.5 Å². The van der Waals surface area contributed by atoms with Gasteiger partial charge in [-0.05, 0) is 25.7 Å². The van der Waals surface area contributed by atoms with E-state index in [1.807, 2.05) is 4.90 Å². The minimum atomic E-state index is -0.697. The van der Waals surface area contributed by atoms with Gasteiger partial charge in [-0.15, -0.1) is 0 Å². The minimum Gasteiger partial charge on any atom is -0.392 e. The van der Waals surface area contributed by atoms with Crippen molar-refractivity contribution in [3.8, 4) is 0 Å². The first kappa shape index (κ1) is 66.5. The molecule has 398 valence electrons. The van der Waals surface area contributed by atoms with Crippen molar-refractivity contribution in [2.45, 2.75) is 290 Å². The number of hydrogen-bond acceptors (Lipinski definition) is 11. The smallest absolute Gasteiger partial charge is 0.255 e. The summed E-state index contributed by atoms with van der Waals surface area (Å²) in [7, 11) is 0. The summed E-state index contributed by atoms with van der Waals surface area (Å²) in [5, 5.41) is 42.9. The van der Waals surface area contributed by atoms with E-state index in [-0.39, 0.29) is 5.12 Å². The molecule has 0 amide bonds. The first-order valence-corrected chi connectivity index (χ1v) is 30.6. The fourth-order valence-electron chi connectivity index (χ4n) is 9.02. The topological polar surface area (TPSA) is 139 Å². The number of aliphatic hydroxyl groups excluding tert-OH is 4. The second kappa shape index (κ2) is 50.4. The van der Waals surface area contributed by atoms with Crippen molar-refractivity contribution >= 4 is 39.5 Å². The van der Waals surface area contributed by atoms with Crippen LogP contribution in [0.15, 0.2) is 0 Å². The molecule has 0 aromatic carbocycles. The van der Waals surface area contributed by atoms with Gasteiger partial charge in [-0.1, -0.05) is 257 Å². The second-order valence-electron chi connectivity index (χ2n) is 20.1. The lowest BCUT2D eigenvalue weighted by Gasteiger charge is -2.27. The maximum Gasteiger partial charge on any atom is 0.255 e. The Morgan fingerprint density at radius 3 is 0.866 bits per heavy atom. The molecule has 0 fully saturated rings. The third-order valence-corrected chi connectivity index (χ3v) is 15.0. The van der Waals surface area contributed by atoms with Gasteiger partial charge in [0.1, 0.15) is 0 Å². The molecule has 11 heteroatoms. The summed E-state index contributed by atoms with van der Waals surface area (Å²) in [5.41, 5.74) is 0. The number of thioether (sulfide) groups is 2. The lowest BCUT2D eigenvalue weighted by molar-refractivity contribution is -0.133. The molecule has 0 saturated heterocycles. The Labute approximate surface area is 422 Å². The first-order chi connectivity index (χ1) is 32.6. The highest BCUT2D eigenvalue weighted by molar-refractivity contribution is 8.15. The number of rotatable bonds is 53. The number of Topliss-reactive ketones (excluding diaryl/α,β-unsaturated/α-hetero) is 1. The van der Waals surface area contributed by atoms with Crippen molar-refractivity contribution in [3.63, 3.8) is 0 Å². The van der Waals surface area contributed by atoms with Crippen LogP contribution in [0.1, 0.15) is 265 Å². The second-order valence-corrected chi connectivity index (χ2v) is 22.4. The molecule has 0 spiro atoms. The molecule has 67 heavy (non-hydrogen) atoms. The number of nitrogens with zero attached hydrogens (tertiary/aromatic N) is 2. The van der Waals surface area contributed by atoms with Gasteiger partial charge in [0.25, 0.3) is 5.12 Å². The summed E-state index contributed by atoms with van der Waals surface area (Å²) < 4.78 is 0. The molecule has 0 rings (SSSR count). The molecule has 0 bridgehead atoms. The fourth-order valence-corrected chi connectivity index (χ4v) is 10.6. The van der Waals surface area contributed by atoms with Crippen LogP contribution in [0.4, 0.5) is 0 Å². The SMILES string of the molecule is CCCCCCCCCCC(O)CN(CCSC(=O)CC(=O)C(=O)SCCN(CC(O)CCCCCCCCCC)CC(O)CCCCCCCCCC)CC(O)CCCCCCCCCC. The standard InChI is InChI=1S/C56H110N2O7S2/c1-5-9-13-17-21-25-29-33-37-50(59)46-57(47-51(60)38-34-30-26-22-18-14-10-6-2)41-43-66-55(64)45-54(63)56(65)67-44-42-58(48-52(61)39-35-31-27-23-19-15-11-7-3)49-53(62)40-36-32-28-24-20-16-12-8-4/h50-53,59-62H,5-49H2,1-4H3. The van der Waals surface area contributed by atoms with Crippen molar-refractivity contribution in [1.29, 1.82) is 0 Å². The molecule has 0 aliphatic heterocycles. The number of unbranched alkanes of at least 4 members (excludes halogenated alkanes) is 28. The Balaban J connectivity index is 5.03. The van der Waals surface area contributed by atoms with E-state index in [1.165, 1.54) is 154 Å². The van der Waals surface area contributed by atoms with Gasteiger partial charge < -0.3 is 20.4 Å². The van der Waals surface area contributed by atoms with E-state index in [0.717, 1.165) is 87.7 Å². The van der Waals surface area contributed by atoms with Crippen LogP contribution in [0, 0.1) is 0 Å². The van der Waals surface area contributed by atoms with E-state index in [0.29, 0.717) is 63.6 Å². The summed E-state index contributed by atoms with van der Waals surface area (Å²) >= 11 is 1.97. The van der Waals surface area contributed by atoms with E-state index < -0.39 is 41.7 Å². The van der Waals surface area contributed by atoms with Crippen LogP contribution < -0.4 is 0 Å². The number of carbonyl (C=O) groups is 3. The third-order valence-electron chi connectivity index (χ3n) is 13.3. The lowest BCUT2D eigenvalue weighted by Crippen LogP contribution is -2.39. The average Bonchev–Trinajstić information content (AvgIpc) is 3.29. The van der Waals surface area contributed by atoms with Crippen LogP contribution in [0.5, 0.6) is 0 Å². The zero-order chi connectivity index (χ0) is 49.4. The molecular formula is C56H110N2O7S2. The van der Waals surface area contributed by atoms with Crippen LogP contribution in [0.25, 0.3) is 0 Å². The Hall–Kier alpha value is -0.530. The van der Waals surface area contributed by atoms with Crippen molar-refractivity contribution in [3.05, 3.63) is 0 Å². The van der Waals surface area contributed by atoms with E-state index in [9.17, 15) is 34.8 Å². The first-order valence-electron chi connectivity index (χ1n) is 28.6. The van der Waals surface area contributed by atoms with Crippen LogP contribution in [-0.4, -0.2) is 121 Å². The van der Waals surface area contributed by atoms with Gasteiger partial charge in [0.2, 0.25) is 5.78 Å². The number of carbonyl (C=O) groups excluding carboxylic acids is 3. The number of aliphatic hydroxyl groups is 4. The van der Waals surface area contributed by atoms with Crippen LogP contribution in [0.3, 0.4) is 0 Å². The third kappa shape index (κ3) is 46.3. The van der Waals surface area contributed by atoms with Crippen molar-refractivity contribution in [1.82, 2.24) is 9.80 Å². The van der Waals surface area contributed by atoms with Crippen LogP contribution in [0.2, 0.25) is 0 Å². The Bertz CT molecular complexity index is 1050. The van der Waals surface area contributed by atoms with Crippen molar-refractivity contribution in [2.24, 2.45) is 0 Å². The molecule has 4 N–H and O–H groups in total. The summed E-state index contributed by atoms with van der Waals surface area (Å²) in [4.78, 5) is 42.9. The molecule has 0 saturated carbocycles. The summed E-state index contributed by atoms with van der Waals surface area (Å²) in [6.07, 6.45) is 39.0. The maximum absolute atomic E-state index is 13.0. The van der Waals surface area contributed by atoms with Gasteiger partial charge in [-0.2, -0.15) is 0 Å². The summed E-state index contributed by atoms with van der Waals surface area (Å²) in [6.45, 7) is 11.6. The van der Waals surface area contributed by atoms with Gasteiger partial charge >= 0.3 is 0 Å². The highest BCUT2D eigenvalue weighted by atomic mass is 32.2. The van der Waals surface area contributed by atoms with Crippen molar-refractivity contribution < 1.29 is 34.8 Å². The predicted octanol–water partition coefficient (Wildman–Crippen LogP) is 13.6. The molecular weight excluding hydrogens is 877 g/mol. The van der Waals surface area contributed by atoms with E-state index in [4.69, 9.17) is 0 Å². The Kier molecular flexibility index (Phi) is 50.0. The molecule has 4 unspecified atom stereocenters. The predicted molar refractivity (Wildman–Crippen MR) is 290 cm³/mol. The fraction of sp³-hybridized carbons (Fsp3) is 0.946. The normalized spacial score (nSPS) is 13.7. The average molecular weight is 988 g/mol. The van der Waals surface area contributed by atoms with Crippen molar-refractivity contribution in [2.75, 3.05) is 50.8 Å². The van der Waals surface area contributed by atoms with Crippen LogP contribution in [-0.2, 0) is 14.4 Å². The lowest BCUT2D eigenvalue weighted by atomic mass is 10.0. The van der Waals surface area contributed by atoms with Gasteiger partial charge in [-0.25, -0.2) is 0 Å². The molecule has 0 heterocycles. The summed E-state index contributed by atoms with van der Waals surface area (Å²) in [5.74, 6) is 0.0650. The Morgan fingerprint density at radius 1 is 0.358 bits per heavy atom. The molecule has 0 radical (unpaired) electrons. The van der Waals surface area contributed by atoms with Gasteiger partial charge in [0, 0.05) is 50.8 Å². The Morgan fingerprint density at radius 2 is 0.597 bits per heavy atom. The molecule has 4 atom stereocenters. The zero-order valence-electron chi connectivity index (χ0n) is 44.4. The number of ketones is 1. The molecule has 0 aromatic heterocycles. The van der Waals surface area contributed by atoms with Gasteiger partial charge in [0.05, 0.1) is 30.8 Å². The molecule has 9 nitrogen and oxygen atoms in total. The molecule has 0 aliphatic rings. The zero-order valence-corrected chi connectivity index (χ0v) is 46.0. The number of hydrogen-bond donors (Lipinski definition) is 4. The molecule has 0 aromatic rings. The maximum atomic E-state index is 13.0. The van der Waals surface area contributed by atoms with Gasteiger partial charge in [-0.3, -0.25) is 24.2 Å². The van der Waals surface area contributed by atoms with E-state index in [2.05, 4.69) is 32.6 Å². The highest BCUT2D eigenvalue weighted by Crippen LogP contribution is 2.18. The van der Waals surface area contributed by atoms with E-state index in [1.54, 1.807) is 0 Å².